The number of carbonyl (C=O) groups is 1. The van der Waals surface area contributed by atoms with Gasteiger partial charge in [-0.05, 0) is 26.0 Å². The van der Waals surface area contributed by atoms with Gasteiger partial charge in [0, 0.05) is 23.3 Å². The first-order valence-electron chi connectivity index (χ1n) is 7.62. The van der Waals surface area contributed by atoms with E-state index in [0.717, 1.165) is 15.6 Å². The molecule has 3 aromatic rings. The van der Waals surface area contributed by atoms with Crippen LogP contribution in [0.25, 0.3) is 10.8 Å². The second-order valence-corrected chi connectivity index (χ2v) is 5.51. The first-order valence-corrected chi connectivity index (χ1v) is 7.62. The molecule has 24 heavy (non-hydrogen) atoms. The van der Waals surface area contributed by atoms with Crippen LogP contribution in [0.5, 0.6) is 0 Å². The van der Waals surface area contributed by atoms with Crippen LogP contribution >= 0.6 is 0 Å². The molecule has 0 fully saturated rings. The van der Waals surface area contributed by atoms with E-state index in [9.17, 15) is 9.59 Å². The molecular formula is C18H17N3O3. The van der Waals surface area contributed by atoms with E-state index in [4.69, 9.17) is 4.74 Å². The summed E-state index contributed by atoms with van der Waals surface area (Å²) in [6.07, 6.45) is 2.85. The second-order valence-electron chi connectivity index (χ2n) is 5.51. The van der Waals surface area contributed by atoms with Crippen molar-refractivity contribution < 1.29 is 9.53 Å². The smallest absolute Gasteiger partial charge is 0.328 e. The van der Waals surface area contributed by atoms with Crippen molar-refractivity contribution in [2.45, 2.75) is 26.5 Å². The molecule has 1 atom stereocenters. The molecule has 0 saturated heterocycles. The van der Waals surface area contributed by atoms with Gasteiger partial charge in [-0.15, -0.1) is 0 Å². The van der Waals surface area contributed by atoms with Crippen molar-refractivity contribution >= 4 is 16.7 Å². The SMILES string of the molecule is Cc1nn(CC(=O)O[C@H](C)c2cccnc2)c(=O)c2ccccc12. The van der Waals surface area contributed by atoms with Gasteiger partial charge in [-0.2, -0.15) is 5.10 Å². The molecule has 0 aliphatic heterocycles. The highest BCUT2D eigenvalue weighted by atomic mass is 16.5. The third-order valence-electron chi connectivity index (χ3n) is 3.79. The van der Waals surface area contributed by atoms with E-state index in [1.54, 1.807) is 37.5 Å². The lowest BCUT2D eigenvalue weighted by Crippen LogP contribution is -2.28. The Balaban J connectivity index is 1.81. The number of aryl methyl sites for hydroxylation is 1. The molecule has 6 nitrogen and oxygen atoms in total. The van der Waals surface area contributed by atoms with Gasteiger partial charge in [0.25, 0.3) is 5.56 Å². The maximum atomic E-state index is 12.5. The van der Waals surface area contributed by atoms with Crippen LogP contribution in [0, 0.1) is 6.92 Å². The molecule has 0 saturated carbocycles. The summed E-state index contributed by atoms with van der Waals surface area (Å²) >= 11 is 0. The highest BCUT2D eigenvalue weighted by Gasteiger charge is 2.15. The average Bonchev–Trinajstić information content (AvgIpc) is 2.60. The van der Waals surface area contributed by atoms with E-state index in [1.165, 1.54) is 0 Å². The van der Waals surface area contributed by atoms with Crippen molar-refractivity contribution in [3.63, 3.8) is 0 Å². The minimum absolute atomic E-state index is 0.227. The lowest BCUT2D eigenvalue weighted by Gasteiger charge is -2.14. The number of pyridine rings is 1. The molecule has 6 heteroatoms. The monoisotopic (exact) mass is 323 g/mol. The fraction of sp³-hybridized carbons (Fsp3) is 0.222. The summed E-state index contributed by atoms with van der Waals surface area (Å²) in [5, 5.41) is 5.54. The lowest BCUT2D eigenvalue weighted by atomic mass is 10.1. The maximum absolute atomic E-state index is 12.5. The molecule has 0 unspecified atom stereocenters. The number of aromatic nitrogens is 3. The Morgan fingerprint density at radius 2 is 1.96 bits per heavy atom. The van der Waals surface area contributed by atoms with Crippen LogP contribution in [0.3, 0.4) is 0 Å². The third-order valence-corrected chi connectivity index (χ3v) is 3.79. The number of benzene rings is 1. The first kappa shape index (κ1) is 15.9. The van der Waals surface area contributed by atoms with Gasteiger partial charge in [0.15, 0.2) is 0 Å². The molecule has 2 aromatic heterocycles. The molecule has 0 amide bonds. The van der Waals surface area contributed by atoms with Crippen LogP contribution in [0.4, 0.5) is 0 Å². The van der Waals surface area contributed by atoms with Crippen LogP contribution < -0.4 is 5.56 Å². The minimum Gasteiger partial charge on any atom is -0.456 e. The molecule has 0 radical (unpaired) electrons. The fourth-order valence-electron chi connectivity index (χ4n) is 2.55. The van der Waals surface area contributed by atoms with Crippen LogP contribution in [-0.4, -0.2) is 20.7 Å². The van der Waals surface area contributed by atoms with Crippen LogP contribution in [0.2, 0.25) is 0 Å². The van der Waals surface area contributed by atoms with Gasteiger partial charge in [0.1, 0.15) is 12.6 Å². The predicted molar refractivity (Wildman–Crippen MR) is 89.5 cm³/mol. The van der Waals surface area contributed by atoms with Gasteiger partial charge in [-0.25, -0.2) is 4.68 Å². The Hall–Kier alpha value is -3.02. The van der Waals surface area contributed by atoms with Gasteiger partial charge < -0.3 is 4.74 Å². The van der Waals surface area contributed by atoms with E-state index in [2.05, 4.69) is 10.1 Å². The number of rotatable bonds is 4. The second kappa shape index (κ2) is 6.62. The largest absolute Gasteiger partial charge is 0.456 e. The van der Waals surface area contributed by atoms with E-state index >= 15 is 0 Å². The summed E-state index contributed by atoms with van der Waals surface area (Å²) in [5.74, 6) is -0.518. The number of carbonyl (C=O) groups excluding carboxylic acids is 1. The molecule has 0 N–H and O–H groups in total. The summed E-state index contributed by atoms with van der Waals surface area (Å²) in [6, 6.07) is 10.8. The summed E-state index contributed by atoms with van der Waals surface area (Å²) in [6.45, 7) is 3.34. The number of nitrogens with zero attached hydrogens (tertiary/aromatic N) is 3. The lowest BCUT2D eigenvalue weighted by molar-refractivity contribution is -0.149. The quantitative estimate of drug-likeness (QED) is 0.689. The number of ether oxygens (including phenoxy) is 1. The summed E-state index contributed by atoms with van der Waals surface area (Å²) in [5.41, 5.74) is 1.18. The zero-order valence-electron chi connectivity index (χ0n) is 13.5. The van der Waals surface area contributed by atoms with E-state index in [0.29, 0.717) is 11.1 Å². The van der Waals surface area contributed by atoms with Crippen molar-refractivity contribution in [1.82, 2.24) is 14.8 Å². The van der Waals surface area contributed by atoms with Crippen LogP contribution in [-0.2, 0) is 16.1 Å². The highest BCUT2D eigenvalue weighted by Crippen LogP contribution is 2.15. The standard InChI is InChI=1S/C18H17N3O3/c1-12-15-7-3-4-8-16(15)18(23)21(20-12)11-17(22)24-13(2)14-6-5-9-19-10-14/h3-10,13H,11H2,1-2H3/t13-/m1/s1. The average molecular weight is 323 g/mol. The van der Waals surface area contributed by atoms with Gasteiger partial charge in [0.05, 0.1) is 11.1 Å². The summed E-state index contributed by atoms with van der Waals surface area (Å²) < 4.78 is 6.52. The Bertz CT molecular complexity index is 935. The zero-order chi connectivity index (χ0) is 17.1. The first-order chi connectivity index (χ1) is 11.6. The third kappa shape index (κ3) is 3.17. The number of hydrogen-bond acceptors (Lipinski definition) is 5. The normalized spacial score (nSPS) is 12.1. The topological polar surface area (TPSA) is 74.1 Å². The molecule has 3 rings (SSSR count). The van der Waals surface area contributed by atoms with Crippen molar-refractivity contribution in [2.24, 2.45) is 0 Å². The molecular weight excluding hydrogens is 306 g/mol. The maximum Gasteiger partial charge on any atom is 0.328 e. The molecule has 0 aliphatic carbocycles. The number of esters is 1. The molecule has 2 heterocycles. The number of fused-ring (bicyclic) bond motifs is 1. The minimum atomic E-state index is -0.518. The number of hydrogen-bond donors (Lipinski definition) is 0. The van der Waals surface area contributed by atoms with Gasteiger partial charge >= 0.3 is 5.97 Å². The molecule has 0 spiro atoms. The van der Waals surface area contributed by atoms with Gasteiger partial charge in [-0.3, -0.25) is 14.6 Å². The van der Waals surface area contributed by atoms with E-state index in [-0.39, 0.29) is 12.1 Å². The Kier molecular flexibility index (Phi) is 4.37. The molecule has 0 aliphatic rings. The molecule has 0 bridgehead atoms. The van der Waals surface area contributed by atoms with E-state index < -0.39 is 12.1 Å². The fourth-order valence-corrected chi connectivity index (χ4v) is 2.55. The van der Waals surface area contributed by atoms with Crippen molar-refractivity contribution in [3.05, 3.63) is 70.4 Å². The van der Waals surface area contributed by atoms with Crippen molar-refractivity contribution in [3.8, 4) is 0 Å². The van der Waals surface area contributed by atoms with Crippen LogP contribution in [0.1, 0.15) is 24.3 Å². The Labute approximate surface area is 138 Å². The zero-order valence-corrected chi connectivity index (χ0v) is 13.5. The van der Waals surface area contributed by atoms with Crippen molar-refractivity contribution in [2.75, 3.05) is 0 Å². The van der Waals surface area contributed by atoms with Gasteiger partial charge in [-0.1, -0.05) is 24.3 Å². The summed E-state index contributed by atoms with van der Waals surface area (Å²) in [7, 11) is 0. The van der Waals surface area contributed by atoms with Crippen molar-refractivity contribution in [1.29, 1.82) is 0 Å². The predicted octanol–water partition coefficient (Wildman–Crippen LogP) is 2.40. The highest BCUT2D eigenvalue weighted by molar-refractivity contribution is 5.83. The van der Waals surface area contributed by atoms with E-state index in [1.807, 2.05) is 25.1 Å². The summed E-state index contributed by atoms with van der Waals surface area (Å²) in [4.78, 5) is 28.6. The Morgan fingerprint density at radius 3 is 2.67 bits per heavy atom. The van der Waals surface area contributed by atoms with Gasteiger partial charge in [0.2, 0.25) is 0 Å². The molecule has 122 valence electrons. The molecule has 1 aromatic carbocycles. The van der Waals surface area contributed by atoms with Crippen LogP contribution in [0.15, 0.2) is 53.6 Å². The Morgan fingerprint density at radius 1 is 1.21 bits per heavy atom.